The zero-order chi connectivity index (χ0) is 15.0. The van der Waals surface area contributed by atoms with Gasteiger partial charge < -0.3 is 9.47 Å². The van der Waals surface area contributed by atoms with Gasteiger partial charge in [-0.05, 0) is 48.6 Å². The average Bonchev–Trinajstić information content (AvgIpc) is 2.74. The first-order chi connectivity index (χ1) is 9.43. The lowest BCUT2D eigenvalue weighted by atomic mass is 9.92. The first-order valence-electron chi connectivity index (χ1n) is 6.41. The minimum Gasteiger partial charge on any atom is -0.468 e. The summed E-state index contributed by atoms with van der Waals surface area (Å²) in [6.45, 7) is 5.85. The number of aryl methyl sites for hydroxylation is 1. The molecule has 0 heterocycles. The van der Waals surface area contributed by atoms with Gasteiger partial charge >= 0.3 is 11.9 Å². The zero-order valence-electron chi connectivity index (χ0n) is 12.4. The highest BCUT2D eigenvalue weighted by Crippen LogP contribution is 2.44. The molecule has 4 nitrogen and oxygen atoms in total. The largest absolute Gasteiger partial charge is 0.468 e. The monoisotopic (exact) mass is 274 g/mol. The van der Waals surface area contributed by atoms with Crippen molar-refractivity contribution in [2.45, 2.75) is 26.7 Å². The van der Waals surface area contributed by atoms with E-state index in [1.807, 2.05) is 32.9 Å². The van der Waals surface area contributed by atoms with Crippen LogP contribution in [0.1, 0.15) is 35.1 Å². The van der Waals surface area contributed by atoms with E-state index in [0.717, 1.165) is 27.8 Å². The molecule has 1 unspecified atom stereocenters. The quantitative estimate of drug-likeness (QED) is 0.778. The van der Waals surface area contributed by atoms with E-state index in [1.165, 1.54) is 14.2 Å². The van der Waals surface area contributed by atoms with E-state index < -0.39 is 17.9 Å². The fraction of sp³-hybridized carbons (Fsp3) is 0.375. The van der Waals surface area contributed by atoms with Crippen molar-refractivity contribution in [3.63, 3.8) is 0 Å². The second-order valence-electron chi connectivity index (χ2n) is 4.96. The smallest absolute Gasteiger partial charge is 0.335 e. The van der Waals surface area contributed by atoms with E-state index in [4.69, 9.17) is 9.47 Å². The van der Waals surface area contributed by atoms with Crippen LogP contribution in [-0.4, -0.2) is 26.2 Å². The van der Waals surface area contributed by atoms with Crippen molar-refractivity contribution in [3.05, 3.63) is 40.0 Å². The number of benzene rings is 1. The second-order valence-corrected chi connectivity index (χ2v) is 4.96. The van der Waals surface area contributed by atoms with Crippen LogP contribution in [-0.2, 0) is 19.1 Å². The molecule has 1 aliphatic carbocycles. The molecule has 0 aromatic heterocycles. The molecular weight excluding hydrogens is 256 g/mol. The van der Waals surface area contributed by atoms with Crippen molar-refractivity contribution < 1.29 is 19.1 Å². The number of carbonyl (C=O) groups is 2. The molecule has 1 aliphatic rings. The highest BCUT2D eigenvalue weighted by molar-refractivity contribution is 6.09. The van der Waals surface area contributed by atoms with E-state index in [-0.39, 0.29) is 0 Å². The number of fused-ring (bicyclic) bond motifs is 1. The molecule has 1 aromatic rings. The van der Waals surface area contributed by atoms with Gasteiger partial charge in [-0.3, -0.25) is 4.79 Å². The molecule has 1 atom stereocenters. The van der Waals surface area contributed by atoms with Crippen molar-refractivity contribution >= 4 is 17.5 Å². The normalized spacial score (nSPS) is 16.9. The number of rotatable bonds is 2. The molecule has 0 radical (unpaired) electrons. The fourth-order valence-electron chi connectivity index (χ4n) is 2.83. The molecule has 1 aromatic carbocycles. The number of carbonyl (C=O) groups excluding carboxylic acids is 2. The van der Waals surface area contributed by atoms with Crippen molar-refractivity contribution in [3.8, 4) is 0 Å². The maximum atomic E-state index is 12.1. The first kappa shape index (κ1) is 14.3. The maximum Gasteiger partial charge on any atom is 0.335 e. The predicted octanol–water partition coefficient (Wildman–Crippen LogP) is 2.52. The standard InChI is InChI=1S/C16H18O4/c1-8-6-7-11-12(9(8)2)10(3)13(15(17)19-4)14(11)16(18)20-5/h6-7,14H,1-5H3. The number of allylic oxidation sites excluding steroid dienone is 1. The molecule has 0 aliphatic heterocycles. The molecular formula is C16H18O4. The van der Waals surface area contributed by atoms with Gasteiger partial charge in [0.05, 0.1) is 19.8 Å². The lowest BCUT2D eigenvalue weighted by Gasteiger charge is -2.14. The highest BCUT2D eigenvalue weighted by atomic mass is 16.5. The van der Waals surface area contributed by atoms with Crippen LogP contribution in [0.3, 0.4) is 0 Å². The molecule has 0 spiro atoms. The van der Waals surface area contributed by atoms with E-state index in [2.05, 4.69) is 0 Å². The molecule has 0 saturated heterocycles. The highest BCUT2D eigenvalue weighted by Gasteiger charge is 2.40. The van der Waals surface area contributed by atoms with Crippen LogP contribution in [0.4, 0.5) is 0 Å². The van der Waals surface area contributed by atoms with E-state index in [0.29, 0.717) is 5.57 Å². The van der Waals surface area contributed by atoms with Gasteiger partial charge in [0.15, 0.2) is 0 Å². The Morgan fingerprint density at radius 2 is 1.70 bits per heavy atom. The third kappa shape index (κ3) is 1.92. The van der Waals surface area contributed by atoms with Crippen LogP contribution >= 0.6 is 0 Å². The summed E-state index contributed by atoms with van der Waals surface area (Å²) < 4.78 is 9.68. The first-order valence-corrected chi connectivity index (χ1v) is 6.41. The van der Waals surface area contributed by atoms with E-state index in [1.54, 1.807) is 0 Å². The van der Waals surface area contributed by atoms with Gasteiger partial charge in [-0.15, -0.1) is 0 Å². The van der Waals surface area contributed by atoms with Crippen molar-refractivity contribution in [1.82, 2.24) is 0 Å². The van der Waals surface area contributed by atoms with Gasteiger partial charge in [-0.2, -0.15) is 0 Å². The summed E-state index contributed by atoms with van der Waals surface area (Å²) in [7, 11) is 2.64. The Bertz CT molecular complexity index is 626. The Balaban J connectivity index is 2.73. The van der Waals surface area contributed by atoms with Crippen molar-refractivity contribution in [1.29, 1.82) is 0 Å². The number of ether oxygens (including phenoxy) is 2. The molecule has 106 valence electrons. The van der Waals surface area contributed by atoms with E-state index >= 15 is 0 Å². The van der Waals surface area contributed by atoms with Gasteiger partial charge in [0.1, 0.15) is 5.92 Å². The molecule has 0 amide bonds. The molecule has 2 rings (SSSR count). The second kappa shape index (κ2) is 5.12. The number of hydrogen-bond donors (Lipinski definition) is 0. The van der Waals surface area contributed by atoms with Gasteiger partial charge in [0.2, 0.25) is 0 Å². The topological polar surface area (TPSA) is 52.6 Å². The van der Waals surface area contributed by atoms with E-state index in [9.17, 15) is 9.59 Å². The third-order valence-corrected chi connectivity index (χ3v) is 3.99. The van der Waals surface area contributed by atoms with Gasteiger partial charge in [0, 0.05) is 0 Å². The Morgan fingerprint density at radius 1 is 1.05 bits per heavy atom. The summed E-state index contributed by atoms with van der Waals surface area (Å²) in [6.07, 6.45) is 0. The van der Waals surface area contributed by atoms with Crippen LogP contribution in [0.2, 0.25) is 0 Å². The molecule has 0 bridgehead atoms. The van der Waals surface area contributed by atoms with Crippen LogP contribution < -0.4 is 0 Å². The summed E-state index contributed by atoms with van der Waals surface area (Å²) in [5.74, 6) is -1.61. The number of esters is 2. The summed E-state index contributed by atoms with van der Waals surface area (Å²) in [6, 6.07) is 3.84. The zero-order valence-corrected chi connectivity index (χ0v) is 12.4. The fourth-order valence-corrected chi connectivity index (χ4v) is 2.83. The van der Waals surface area contributed by atoms with Crippen LogP contribution in [0.25, 0.3) is 5.57 Å². The molecule has 0 fully saturated rings. The summed E-state index contributed by atoms with van der Waals surface area (Å²) >= 11 is 0. The van der Waals surface area contributed by atoms with Crippen molar-refractivity contribution in [2.24, 2.45) is 0 Å². The van der Waals surface area contributed by atoms with Crippen LogP contribution in [0, 0.1) is 13.8 Å². The lowest BCUT2D eigenvalue weighted by molar-refractivity contribution is -0.144. The molecule has 0 saturated carbocycles. The molecule has 20 heavy (non-hydrogen) atoms. The molecule has 4 heteroatoms. The maximum absolute atomic E-state index is 12.1. The van der Waals surface area contributed by atoms with Crippen LogP contribution in [0.5, 0.6) is 0 Å². The molecule has 0 N–H and O–H groups in total. The van der Waals surface area contributed by atoms with Gasteiger partial charge in [-0.1, -0.05) is 12.1 Å². The third-order valence-electron chi connectivity index (χ3n) is 3.99. The van der Waals surface area contributed by atoms with Crippen LogP contribution in [0.15, 0.2) is 17.7 Å². The Labute approximate surface area is 118 Å². The Kier molecular flexibility index (Phi) is 3.66. The average molecular weight is 274 g/mol. The summed E-state index contributed by atoms with van der Waals surface area (Å²) in [5, 5.41) is 0. The Hall–Kier alpha value is -2.10. The van der Waals surface area contributed by atoms with Gasteiger partial charge in [0.25, 0.3) is 0 Å². The SMILES string of the molecule is COC(=O)C1=C(C)c2c(ccc(C)c2C)C1C(=O)OC. The Morgan fingerprint density at radius 3 is 2.25 bits per heavy atom. The van der Waals surface area contributed by atoms with Crippen molar-refractivity contribution in [2.75, 3.05) is 14.2 Å². The number of methoxy groups -OCH3 is 2. The predicted molar refractivity (Wildman–Crippen MR) is 75.3 cm³/mol. The summed E-state index contributed by atoms with van der Waals surface area (Å²) in [4.78, 5) is 24.1. The lowest BCUT2D eigenvalue weighted by Crippen LogP contribution is -2.20. The minimum absolute atomic E-state index is 0.378. The minimum atomic E-state index is -0.693. The van der Waals surface area contributed by atoms with Gasteiger partial charge in [-0.25, -0.2) is 4.79 Å². The summed E-state index contributed by atoms with van der Waals surface area (Å²) in [5.41, 5.74) is 5.15. The number of hydrogen-bond acceptors (Lipinski definition) is 4.